The highest BCUT2D eigenvalue weighted by molar-refractivity contribution is 7.92. The minimum atomic E-state index is -3.78. The number of benzene rings is 1. The molecule has 1 aliphatic rings. The summed E-state index contributed by atoms with van der Waals surface area (Å²) in [4.78, 5) is 10.9. The number of halogens is 1. The molecule has 1 saturated heterocycles. The molecule has 7 nitrogen and oxygen atoms in total. The minimum absolute atomic E-state index is 0.171. The van der Waals surface area contributed by atoms with Gasteiger partial charge in [0, 0.05) is 6.61 Å². The van der Waals surface area contributed by atoms with E-state index in [-0.39, 0.29) is 22.0 Å². The van der Waals surface area contributed by atoms with Crippen LogP contribution in [0.2, 0.25) is 5.02 Å². The maximum Gasteiger partial charge on any atom is 0.335 e. The molecule has 0 spiro atoms. The molecule has 1 aromatic rings. The molecule has 2 rings (SSSR count). The fourth-order valence-electron chi connectivity index (χ4n) is 2.20. The maximum atomic E-state index is 12.1. The molecule has 22 heavy (non-hydrogen) atoms. The van der Waals surface area contributed by atoms with E-state index in [1.807, 2.05) is 0 Å². The fraction of sp³-hybridized carbons (Fsp3) is 0.462. The number of hydrogen-bond donors (Lipinski definition) is 3. The van der Waals surface area contributed by atoms with Gasteiger partial charge in [-0.05, 0) is 31.4 Å². The average molecular weight is 350 g/mol. The van der Waals surface area contributed by atoms with Crippen LogP contribution in [0.1, 0.15) is 29.6 Å². The van der Waals surface area contributed by atoms with Crippen molar-refractivity contribution < 1.29 is 28.2 Å². The standard InChI is InChI=1S/C13H16ClNO6S/c14-12-10(5-8(13(17)18)6-11(12)16)15-22(19,20)7-9-3-1-2-4-21-9/h5-6,9,15-16H,1-4,7H2,(H,17,18). The fourth-order valence-corrected chi connectivity index (χ4v) is 3.74. The highest BCUT2D eigenvalue weighted by Crippen LogP contribution is 2.33. The molecule has 1 aromatic carbocycles. The number of ether oxygens (including phenoxy) is 1. The van der Waals surface area contributed by atoms with Crippen LogP contribution in [-0.4, -0.2) is 43.1 Å². The summed E-state index contributed by atoms with van der Waals surface area (Å²) in [6, 6.07) is 2.01. The van der Waals surface area contributed by atoms with Crippen molar-refractivity contribution in [3.05, 3.63) is 22.7 Å². The molecule has 1 fully saturated rings. The van der Waals surface area contributed by atoms with Gasteiger partial charge in [-0.2, -0.15) is 0 Å². The van der Waals surface area contributed by atoms with Crippen molar-refractivity contribution >= 4 is 33.3 Å². The van der Waals surface area contributed by atoms with Gasteiger partial charge >= 0.3 is 5.97 Å². The van der Waals surface area contributed by atoms with Crippen LogP contribution in [0.15, 0.2) is 12.1 Å². The smallest absolute Gasteiger partial charge is 0.335 e. The van der Waals surface area contributed by atoms with Crippen LogP contribution in [0.5, 0.6) is 5.75 Å². The Balaban J connectivity index is 2.19. The largest absolute Gasteiger partial charge is 0.506 e. The lowest BCUT2D eigenvalue weighted by Gasteiger charge is -2.22. The van der Waals surface area contributed by atoms with E-state index in [4.69, 9.17) is 21.4 Å². The van der Waals surface area contributed by atoms with Crippen molar-refractivity contribution in [2.45, 2.75) is 25.4 Å². The molecular weight excluding hydrogens is 334 g/mol. The summed E-state index contributed by atoms with van der Waals surface area (Å²) in [5, 5.41) is 18.3. The van der Waals surface area contributed by atoms with Gasteiger partial charge < -0.3 is 14.9 Å². The van der Waals surface area contributed by atoms with Gasteiger partial charge in [-0.15, -0.1) is 0 Å². The summed E-state index contributed by atoms with van der Waals surface area (Å²) >= 11 is 5.82. The second-order valence-electron chi connectivity index (χ2n) is 5.03. The monoisotopic (exact) mass is 349 g/mol. The quantitative estimate of drug-likeness (QED) is 0.749. The average Bonchev–Trinajstić information content (AvgIpc) is 2.43. The third-order valence-electron chi connectivity index (χ3n) is 3.25. The first kappa shape index (κ1) is 16.9. The first-order valence-corrected chi connectivity index (χ1v) is 8.69. The Bertz CT molecular complexity index is 669. The number of nitrogens with one attached hydrogen (secondary N) is 1. The van der Waals surface area contributed by atoms with E-state index in [0.29, 0.717) is 13.0 Å². The van der Waals surface area contributed by atoms with E-state index in [1.54, 1.807) is 0 Å². The summed E-state index contributed by atoms with van der Waals surface area (Å²) in [5.74, 6) is -2.06. The van der Waals surface area contributed by atoms with Crippen LogP contribution in [0, 0.1) is 0 Å². The molecule has 0 bridgehead atoms. The second-order valence-corrected chi connectivity index (χ2v) is 7.18. The van der Waals surface area contributed by atoms with E-state index in [1.165, 1.54) is 0 Å². The van der Waals surface area contributed by atoms with Gasteiger partial charge in [0.15, 0.2) is 0 Å². The zero-order valence-electron chi connectivity index (χ0n) is 11.6. The number of aromatic hydroxyl groups is 1. The van der Waals surface area contributed by atoms with E-state index in [9.17, 15) is 18.3 Å². The van der Waals surface area contributed by atoms with Crippen molar-refractivity contribution in [2.75, 3.05) is 17.1 Å². The Morgan fingerprint density at radius 1 is 1.41 bits per heavy atom. The predicted molar refractivity (Wildman–Crippen MR) is 81.1 cm³/mol. The molecule has 1 heterocycles. The van der Waals surface area contributed by atoms with Crippen molar-refractivity contribution in [1.82, 2.24) is 0 Å². The summed E-state index contributed by atoms with van der Waals surface area (Å²) in [5.41, 5.74) is -0.441. The van der Waals surface area contributed by atoms with Gasteiger partial charge in [0.1, 0.15) is 10.8 Å². The van der Waals surface area contributed by atoms with Crippen LogP contribution in [-0.2, 0) is 14.8 Å². The number of carboxylic acids is 1. The maximum absolute atomic E-state index is 12.1. The molecule has 122 valence electrons. The molecule has 0 amide bonds. The lowest BCUT2D eigenvalue weighted by atomic mass is 10.1. The summed E-state index contributed by atoms with van der Waals surface area (Å²) < 4.78 is 31.8. The summed E-state index contributed by atoms with van der Waals surface area (Å²) in [6.45, 7) is 0.524. The molecule has 3 N–H and O–H groups in total. The third kappa shape index (κ3) is 4.25. The first-order chi connectivity index (χ1) is 10.3. The first-order valence-electron chi connectivity index (χ1n) is 6.66. The number of phenolic OH excluding ortho intramolecular Hbond substituents is 1. The van der Waals surface area contributed by atoms with Crippen LogP contribution < -0.4 is 4.72 Å². The summed E-state index contributed by atoms with van der Waals surface area (Å²) in [7, 11) is -3.78. The zero-order chi connectivity index (χ0) is 16.3. The molecule has 1 aliphatic heterocycles. The van der Waals surface area contributed by atoms with Crippen molar-refractivity contribution in [2.24, 2.45) is 0 Å². The number of carboxylic acid groups (broad SMARTS) is 1. The Kier molecular flexibility index (Phi) is 5.15. The predicted octanol–water partition coefficient (Wildman–Crippen LogP) is 2.05. The number of rotatable bonds is 5. The SMILES string of the molecule is O=C(O)c1cc(O)c(Cl)c(NS(=O)(=O)CC2CCCCO2)c1. The van der Waals surface area contributed by atoms with Gasteiger partial charge in [-0.3, -0.25) is 4.72 Å². The molecular formula is C13H16ClNO6S. The van der Waals surface area contributed by atoms with Gasteiger partial charge in [-0.1, -0.05) is 11.6 Å². The minimum Gasteiger partial charge on any atom is -0.506 e. The van der Waals surface area contributed by atoms with Gasteiger partial charge in [0.05, 0.1) is 23.1 Å². The van der Waals surface area contributed by atoms with Crippen molar-refractivity contribution in [3.63, 3.8) is 0 Å². The molecule has 0 saturated carbocycles. The molecule has 0 radical (unpaired) electrons. The highest BCUT2D eigenvalue weighted by Gasteiger charge is 2.24. The Morgan fingerprint density at radius 2 is 2.14 bits per heavy atom. The highest BCUT2D eigenvalue weighted by atomic mass is 35.5. The number of sulfonamides is 1. The van der Waals surface area contributed by atoms with Gasteiger partial charge in [0.2, 0.25) is 10.0 Å². The number of aromatic carboxylic acids is 1. The lowest BCUT2D eigenvalue weighted by Crippen LogP contribution is -2.31. The number of phenols is 1. The Hall–Kier alpha value is -1.51. The van der Waals surface area contributed by atoms with Crippen LogP contribution in [0.4, 0.5) is 5.69 Å². The van der Waals surface area contributed by atoms with Crippen molar-refractivity contribution in [3.8, 4) is 5.75 Å². The van der Waals surface area contributed by atoms with Gasteiger partial charge in [0.25, 0.3) is 0 Å². The Morgan fingerprint density at radius 3 is 2.73 bits per heavy atom. The Labute approximate surface area is 132 Å². The van der Waals surface area contributed by atoms with E-state index in [0.717, 1.165) is 25.0 Å². The van der Waals surface area contributed by atoms with E-state index >= 15 is 0 Å². The second kappa shape index (κ2) is 6.72. The molecule has 0 aromatic heterocycles. The van der Waals surface area contributed by atoms with Crippen LogP contribution in [0.25, 0.3) is 0 Å². The lowest BCUT2D eigenvalue weighted by molar-refractivity contribution is 0.0306. The number of hydrogen-bond acceptors (Lipinski definition) is 5. The van der Waals surface area contributed by atoms with E-state index in [2.05, 4.69) is 4.72 Å². The van der Waals surface area contributed by atoms with E-state index < -0.39 is 27.8 Å². The molecule has 0 aliphatic carbocycles. The number of anilines is 1. The third-order valence-corrected chi connectivity index (χ3v) is 4.98. The van der Waals surface area contributed by atoms with Crippen molar-refractivity contribution in [1.29, 1.82) is 0 Å². The molecule has 1 unspecified atom stereocenters. The molecule has 1 atom stereocenters. The zero-order valence-corrected chi connectivity index (χ0v) is 13.2. The van der Waals surface area contributed by atoms with Crippen LogP contribution in [0.3, 0.4) is 0 Å². The van der Waals surface area contributed by atoms with Gasteiger partial charge in [-0.25, -0.2) is 13.2 Å². The summed E-state index contributed by atoms with van der Waals surface area (Å²) in [6.07, 6.45) is 2.05. The molecule has 9 heteroatoms. The topological polar surface area (TPSA) is 113 Å². The number of carbonyl (C=O) groups is 1. The normalized spacial score (nSPS) is 18.9. The van der Waals surface area contributed by atoms with Crippen LogP contribution >= 0.6 is 11.6 Å².